The van der Waals surface area contributed by atoms with Crippen molar-refractivity contribution in [1.82, 2.24) is 5.32 Å². The molecule has 6 nitrogen and oxygen atoms in total. The molecular weight excluding hydrogens is 430 g/mol. The molecular formula is C28H45NO5. The normalized spacial score (nSPS) is 44.2. The standard InChI is InChI=1S/C28H45NO5/c1-17(25(32)33-6)29-16-24(31)34-26(3)13-14-27(4)19(15-26)7-8-20-22-10-9-21(18(2)30)28(22,5)12-11-23(20)27/h17,19-23,29H,7-16H2,1-6H3/t17-,19+,20+,21-,22+,23+,26-,27+,28-/m1/s1. The number of rotatable bonds is 6. The average Bonchev–Trinajstić information content (AvgIpc) is 3.15. The second-order valence-corrected chi connectivity index (χ2v) is 12.7. The number of esters is 2. The van der Waals surface area contributed by atoms with Gasteiger partial charge in [0.1, 0.15) is 17.4 Å². The van der Waals surface area contributed by atoms with Crippen LogP contribution in [0.2, 0.25) is 0 Å². The molecule has 4 rings (SSSR count). The molecule has 0 heterocycles. The number of carbonyl (C=O) groups is 3. The maximum Gasteiger partial charge on any atom is 0.322 e. The number of ketones is 1. The molecule has 0 saturated heterocycles. The number of methoxy groups -OCH3 is 1. The highest BCUT2D eigenvalue weighted by molar-refractivity contribution is 5.79. The van der Waals surface area contributed by atoms with Crippen LogP contribution in [0.1, 0.15) is 92.4 Å². The molecule has 0 amide bonds. The second kappa shape index (κ2) is 9.22. The summed E-state index contributed by atoms with van der Waals surface area (Å²) in [5.74, 6) is 2.68. The monoisotopic (exact) mass is 475 g/mol. The zero-order valence-electron chi connectivity index (χ0n) is 22.1. The van der Waals surface area contributed by atoms with E-state index in [1.165, 1.54) is 39.2 Å². The third-order valence-electron chi connectivity index (χ3n) is 10.9. The number of carbonyl (C=O) groups excluding carboxylic acids is 3. The van der Waals surface area contributed by atoms with Crippen molar-refractivity contribution in [3.05, 3.63) is 0 Å². The van der Waals surface area contributed by atoms with E-state index in [2.05, 4.69) is 26.1 Å². The fourth-order valence-corrected chi connectivity index (χ4v) is 8.98. The zero-order valence-corrected chi connectivity index (χ0v) is 22.1. The van der Waals surface area contributed by atoms with Gasteiger partial charge < -0.3 is 9.47 Å². The van der Waals surface area contributed by atoms with Gasteiger partial charge in [0.05, 0.1) is 13.7 Å². The summed E-state index contributed by atoms with van der Waals surface area (Å²) in [6, 6.07) is -0.537. The van der Waals surface area contributed by atoms with E-state index in [1.807, 2.05) is 0 Å². The lowest BCUT2D eigenvalue weighted by Gasteiger charge is -2.62. The van der Waals surface area contributed by atoms with Crippen LogP contribution < -0.4 is 5.32 Å². The molecule has 1 N–H and O–H groups in total. The van der Waals surface area contributed by atoms with E-state index in [1.54, 1.807) is 13.8 Å². The largest absolute Gasteiger partial charge is 0.468 e. The highest BCUT2D eigenvalue weighted by Crippen LogP contribution is 2.68. The molecule has 192 valence electrons. The molecule has 4 aliphatic rings. The van der Waals surface area contributed by atoms with E-state index in [0.29, 0.717) is 23.0 Å². The van der Waals surface area contributed by atoms with Crippen LogP contribution in [0.5, 0.6) is 0 Å². The molecule has 0 aliphatic heterocycles. The molecule has 0 spiro atoms. The summed E-state index contributed by atoms with van der Waals surface area (Å²) in [7, 11) is 1.34. The summed E-state index contributed by atoms with van der Waals surface area (Å²) in [6.07, 6.45) is 10.1. The molecule has 0 aromatic heterocycles. The van der Waals surface area contributed by atoms with Gasteiger partial charge in [0.15, 0.2) is 0 Å². The smallest absolute Gasteiger partial charge is 0.322 e. The van der Waals surface area contributed by atoms with Gasteiger partial charge in [0.2, 0.25) is 0 Å². The Bertz CT molecular complexity index is 828. The molecule has 0 bridgehead atoms. The van der Waals surface area contributed by atoms with Crippen LogP contribution in [0.3, 0.4) is 0 Å². The first-order valence-electron chi connectivity index (χ1n) is 13.5. The quantitative estimate of drug-likeness (QED) is 0.562. The van der Waals surface area contributed by atoms with Gasteiger partial charge >= 0.3 is 11.9 Å². The summed E-state index contributed by atoms with van der Waals surface area (Å²) in [5.41, 5.74) is 0.0475. The Morgan fingerprint density at radius 1 is 0.941 bits per heavy atom. The maximum atomic E-state index is 12.6. The van der Waals surface area contributed by atoms with Gasteiger partial charge in [-0.1, -0.05) is 13.8 Å². The average molecular weight is 476 g/mol. The van der Waals surface area contributed by atoms with Crippen molar-refractivity contribution in [3.8, 4) is 0 Å². The fraction of sp³-hybridized carbons (Fsp3) is 0.893. The van der Waals surface area contributed by atoms with E-state index in [9.17, 15) is 14.4 Å². The number of fused-ring (bicyclic) bond motifs is 5. The first kappa shape index (κ1) is 25.7. The van der Waals surface area contributed by atoms with Crippen molar-refractivity contribution in [3.63, 3.8) is 0 Å². The van der Waals surface area contributed by atoms with Gasteiger partial charge in [-0.05, 0) is 113 Å². The van der Waals surface area contributed by atoms with Gasteiger partial charge in [-0.25, -0.2) is 0 Å². The molecule has 34 heavy (non-hydrogen) atoms. The van der Waals surface area contributed by atoms with Crippen LogP contribution in [0.15, 0.2) is 0 Å². The van der Waals surface area contributed by atoms with Crippen LogP contribution >= 0.6 is 0 Å². The minimum atomic E-state index is -0.537. The van der Waals surface area contributed by atoms with Gasteiger partial charge in [0.25, 0.3) is 0 Å². The molecule has 4 fully saturated rings. The van der Waals surface area contributed by atoms with Crippen molar-refractivity contribution in [2.24, 2.45) is 40.4 Å². The Morgan fingerprint density at radius 2 is 1.65 bits per heavy atom. The number of hydrogen-bond donors (Lipinski definition) is 1. The molecule has 4 saturated carbocycles. The van der Waals surface area contributed by atoms with Crippen LogP contribution in [0, 0.1) is 40.4 Å². The van der Waals surface area contributed by atoms with Crippen LogP contribution in [-0.2, 0) is 23.9 Å². The highest BCUT2D eigenvalue weighted by Gasteiger charge is 2.61. The molecule has 0 radical (unpaired) electrons. The zero-order chi connectivity index (χ0) is 24.9. The van der Waals surface area contributed by atoms with Crippen LogP contribution in [0.4, 0.5) is 0 Å². The number of Topliss-reactive ketones (excluding diaryl/α,β-unsaturated/α-hetero) is 1. The Hall–Kier alpha value is -1.43. The molecule has 9 atom stereocenters. The van der Waals surface area contributed by atoms with E-state index in [-0.39, 0.29) is 29.8 Å². The third kappa shape index (κ3) is 4.33. The molecule has 4 aliphatic carbocycles. The van der Waals surface area contributed by atoms with Crippen molar-refractivity contribution in [2.75, 3.05) is 13.7 Å². The van der Waals surface area contributed by atoms with Gasteiger partial charge in [-0.2, -0.15) is 0 Å². The summed E-state index contributed by atoms with van der Waals surface area (Å²) in [4.78, 5) is 36.5. The lowest BCUT2D eigenvalue weighted by molar-refractivity contribution is -0.180. The Labute approximate surface area is 205 Å². The predicted molar refractivity (Wildman–Crippen MR) is 130 cm³/mol. The van der Waals surface area contributed by atoms with Gasteiger partial charge in [-0.3, -0.25) is 19.7 Å². The molecule has 6 heteroatoms. The van der Waals surface area contributed by atoms with Crippen LogP contribution in [0.25, 0.3) is 0 Å². The fourth-order valence-electron chi connectivity index (χ4n) is 8.98. The van der Waals surface area contributed by atoms with E-state index in [4.69, 9.17) is 9.47 Å². The van der Waals surface area contributed by atoms with Crippen molar-refractivity contribution < 1.29 is 23.9 Å². The van der Waals surface area contributed by atoms with E-state index < -0.39 is 11.6 Å². The first-order valence-corrected chi connectivity index (χ1v) is 13.5. The minimum absolute atomic E-state index is 0.00999. The van der Waals surface area contributed by atoms with Gasteiger partial charge in [0, 0.05) is 5.92 Å². The second-order valence-electron chi connectivity index (χ2n) is 12.7. The molecule has 0 aromatic carbocycles. The Balaban J connectivity index is 1.39. The third-order valence-corrected chi connectivity index (χ3v) is 10.9. The lowest BCUT2D eigenvalue weighted by atomic mass is 9.44. The van der Waals surface area contributed by atoms with E-state index >= 15 is 0 Å². The van der Waals surface area contributed by atoms with Gasteiger partial charge in [-0.15, -0.1) is 0 Å². The Morgan fingerprint density at radius 3 is 2.32 bits per heavy atom. The van der Waals surface area contributed by atoms with Crippen molar-refractivity contribution >= 4 is 17.7 Å². The topological polar surface area (TPSA) is 81.7 Å². The number of ether oxygens (including phenoxy) is 2. The summed E-state index contributed by atoms with van der Waals surface area (Å²) in [6.45, 7) is 10.5. The maximum absolute atomic E-state index is 12.6. The van der Waals surface area contributed by atoms with E-state index in [0.717, 1.165) is 37.5 Å². The number of hydrogen-bond acceptors (Lipinski definition) is 6. The molecule has 0 unspecified atom stereocenters. The minimum Gasteiger partial charge on any atom is -0.468 e. The Kier molecular flexibility index (Phi) is 6.96. The summed E-state index contributed by atoms with van der Waals surface area (Å²) in [5, 5.41) is 2.90. The lowest BCUT2D eigenvalue weighted by Crippen LogP contribution is -2.56. The SMILES string of the molecule is COC(=O)[C@@H](C)NCC(=O)O[C@]1(C)CC[C@@]2(C)[C@@H](CC[C@@H]3[C@@H]2CC[C@]2(C)[C@@H](C(C)=O)CC[C@@H]32)C1. The first-order chi connectivity index (χ1) is 15.9. The molecule has 0 aromatic rings. The highest BCUT2D eigenvalue weighted by atomic mass is 16.6. The summed E-state index contributed by atoms with van der Waals surface area (Å²) >= 11 is 0. The van der Waals surface area contributed by atoms with Crippen molar-refractivity contribution in [2.45, 2.75) is 104 Å². The predicted octanol–water partition coefficient (Wildman–Crippen LogP) is 4.69. The van der Waals surface area contributed by atoms with Crippen molar-refractivity contribution in [1.29, 1.82) is 0 Å². The number of nitrogens with one attached hydrogen (secondary N) is 1. The van der Waals surface area contributed by atoms with Crippen LogP contribution in [-0.4, -0.2) is 43.0 Å². The summed E-state index contributed by atoms with van der Waals surface area (Å²) < 4.78 is 10.7.